The Labute approximate surface area is 114 Å². The van der Waals surface area contributed by atoms with E-state index in [1.807, 2.05) is 30.5 Å². The Kier molecular flexibility index (Phi) is 3.85. The molecule has 0 saturated carbocycles. The highest BCUT2D eigenvalue weighted by molar-refractivity contribution is 7.14. The number of aryl methyl sites for hydroxylation is 1. The third kappa shape index (κ3) is 2.98. The molecule has 96 valence electrons. The average Bonchev–Trinajstić information content (AvgIpc) is 2.96. The molecule has 5 heteroatoms. The van der Waals surface area contributed by atoms with E-state index in [-0.39, 0.29) is 12.5 Å². The van der Waals surface area contributed by atoms with Crippen LogP contribution in [0.2, 0.25) is 0 Å². The van der Waals surface area contributed by atoms with E-state index in [0.717, 1.165) is 9.75 Å². The van der Waals surface area contributed by atoms with Crippen molar-refractivity contribution >= 4 is 28.6 Å². The number of carbonyl (C=O) groups is 1. The quantitative estimate of drug-likeness (QED) is 0.905. The number of nitrogens with one attached hydrogen (secondary N) is 1. The molecule has 0 saturated heterocycles. The first kappa shape index (κ1) is 13.3. The van der Waals surface area contributed by atoms with Crippen molar-refractivity contribution in [2.45, 2.75) is 19.4 Å². The molecule has 2 heterocycles. The molecule has 0 aliphatic heterocycles. The van der Waals surface area contributed by atoms with Gasteiger partial charge >= 0.3 is 0 Å². The predicted molar refractivity (Wildman–Crippen MR) is 75.3 cm³/mol. The van der Waals surface area contributed by atoms with Crippen LogP contribution in [-0.2, 0) is 5.60 Å². The van der Waals surface area contributed by atoms with Gasteiger partial charge in [-0.05, 0) is 37.4 Å². The number of hydrogen-bond donors (Lipinski definition) is 2. The van der Waals surface area contributed by atoms with Crippen LogP contribution >= 0.6 is 22.7 Å². The summed E-state index contributed by atoms with van der Waals surface area (Å²) < 4.78 is 0. The van der Waals surface area contributed by atoms with E-state index in [4.69, 9.17) is 0 Å². The summed E-state index contributed by atoms with van der Waals surface area (Å²) in [7, 11) is 0. The van der Waals surface area contributed by atoms with Gasteiger partial charge in [-0.15, -0.1) is 22.7 Å². The highest BCUT2D eigenvalue weighted by Crippen LogP contribution is 2.24. The smallest absolute Gasteiger partial charge is 0.261 e. The lowest BCUT2D eigenvalue weighted by Gasteiger charge is -2.22. The first-order valence-corrected chi connectivity index (χ1v) is 7.30. The Morgan fingerprint density at radius 3 is 2.78 bits per heavy atom. The molecule has 3 nitrogen and oxygen atoms in total. The van der Waals surface area contributed by atoms with Crippen LogP contribution in [0.15, 0.2) is 29.6 Å². The number of rotatable bonds is 4. The maximum absolute atomic E-state index is 11.9. The number of aliphatic hydroxyl groups is 1. The summed E-state index contributed by atoms with van der Waals surface area (Å²) in [5.41, 5.74) is -1.02. The van der Waals surface area contributed by atoms with Crippen LogP contribution in [0.1, 0.15) is 26.3 Å². The molecule has 0 aromatic carbocycles. The van der Waals surface area contributed by atoms with Gasteiger partial charge in [-0.1, -0.05) is 6.07 Å². The van der Waals surface area contributed by atoms with Crippen LogP contribution < -0.4 is 5.32 Å². The fourth-order valence-corrected chi connectivity index (χ4v) is 3.14. The topological polar surface area (TPSA) is 49.3 Å². The van der Waals surface area contributed by atoms with Crippen molar-refractivity contribution in [1.29, 1.82) is 0 Å². The van der Waals surface area contributed by atoms with Crippen molar-refractivity contribution in [3.05, 3.63) is 44.3 Å². The standard InChI is InChI=1S/C13H15NO2S2/c1-9-5-6-10(18-9)12(15)14-8-13(2,16)11-4-3-7-17-11/h3-7,16H,8H2,1-2H3,(H,14,15). The van der Waals surface area contributed by atoms with Crippen LogP contribution in [0.5, 0.6) is 0 Å². The monoisotopic (exact) mass is 281 g/mol. The lowest BCUT2D eigenvalue weighted by atomic mass is 10.1. The van der Waals surface area contributed by atoms with E-state index in [0.29, 0.717) is 4.88 Å². The second kappa shape index (κ2) is 5.22. The Morgan fingerprint density at radius 2 is 2.22 bits per heavy atom. The highest BCUT2D eigenvalue weighted by atomic mass is 32.1. The molecule has 0 radical (unpaired) electrons. The number of thiophene rings is 2. The van der Waals surface area contributed by atoms with Gasteiger partial charge in [-0.25, -0.2) is 0 Å². The summed E-state index contributed by atoms with van der Waals surface area (Å²) in [6, 6.07) is 7.47. The first-order valence-electron chi connectivity index (χ1n) is 5.60. The zero-order chi connectivity index (χ0) is 13.2. The van der Waals surface area contributed by atoms with E-state index < -0.39 is 5.60 Å². The molecule has 2 aromatic rings. The van der Waals surface area contributed by atoms with Crippen molar-refractivity contribution in [2.75, 3.05) is 6.54 Å². The minimum absolute atomic E-state index is 0.134. The Bertz CT molecular complexity index is 529. The van der Waals surface area contributed by atoms with Crippen LogP contribution in [0.3, 0.4) is 0 Å². The van der Waals surface area contributed by atoms with Crippen molar-refractivity contribution in [3.63, 3.8) is 0 Å². The summed E-state index contributed by atoms with van der Waals surface area (Å²) in [4.78, 5) is 14.5. The lowest BCUT2D eigenvalue weighted by molar-refractivity contribution is 0.0558. The zero-order valence-electron chi connectivity index (χ0n) is 10.3. The summed E-state index contributed by atoms with van der Waals surface area (Å²) in [6.07, 6.45) is 0. The molecule has 0 spiro atoms. The van der Waals surface area contributed by atoms with Gasteiger partial charge in [0.1, 0.15) is 5.60 Å². The van der Waals surface area contributed by atoms with Gasteiger partial charge in [0.25, 0.3) is 5.91 Å². The van der Waals surface area contributed by atoms with Gasteiger partial charge in [0.05, 0.1) is 11.4 Å². The van der Waals surface area contributed by atoms with Crippen LogP contribution in [-0.4, -0.2) is 17.6 Å². The average molecular weight is 281 g/mol. The molecule has 2 aromatic heterocycles. The number of carbonyl (C=O) groups excluding carboxylic acids is 1. The summed E-state index contributed by atoms with van der Waals surface area (Å²) in [6.45, 7) is 3.88. The van der Waals surface area contributed by atoms with Crippen molar-refractivity contribution in [2.24, 2.45) is 0 Å². The molecular formula is C13H15NO2S2. The summed E-state index contributed by atoms with van der Waals surface area (Å²) in [5, 5.41) is 15.0. The van der Waals surface area contributed by atoms with Gasteiger partial charge in [-0.3, -0.25) is 4.79 Å². The molecule has 0 fully saturated rings. The molecule has 0 bridgehead atoms. The van der Waals surface area contributed by atoms with Gasteiger partial charge in [0, 0.05) is 9.75 Å². The molecule has 1 unspecified atom stereocenters. The molecule has 1 amide bonds. The third-order valence-corrected chi connectivity index (χ3v) is 4.73. The van der Waals surface area contributed by atoms with E-state index >= 15 is 0 Å². The van der Waals surface area contributed by atoms with Crippen molar-refractivity contribution < 1.29 is 9.90 Å². The lowest BCUT2D eigenvalue weighted by Crippen LogP contribution is -2.37. The van der Waals surface area contributed by atoms with Gasteiger partial charge in [0.15, 0.2) is 0 Å². The molecule has 0 aliphatic carbocycles. The highest BCUT2D eigenvalue weighted by Gasteiger charge is 2.25. The zero-order valence-corrected chi connectivity index (χ0v) is 11.9. The van der Waals surface area contributed by atoms with Crippen molar-refractivity contribution in [1.82, 2.24) is 5.32 Å². The van der Waals surface area contributed by atoms with Crippen LogP contribution in [0, 0.1) is 6.92 Å². The SMILES string of the molecule is Cc1ccc(C(=O)NCC(C)(O)c2cccs2)s1. The first-order chi connectivity index (χ1) is 8.49. The molecule has 18 heavy (non-hydrogen) atoms. The van der Waals surface area contributed by atoms with Gasteiger partial charge in [0.2, 0.25) is 0 Å². The molecule has 1 atom stereocenters. The van der Waals surface area contributed by atoms with E-state index in [1.165, 1.54) is 22.7 Å². The molecular weight excluding hydrogens is 266 g/mol. The molecule has 2 N–H and O–H groups in total. The van der Waals surface area contributed by atoms with Gasteiger partial charge in [-0.2, -0.15) is 0 Å². The van der Waals surface area contributed by atoms with Crippen molar-refractivity contribution in [3.8, 4) is 0 Å². The predicted octanol–water partition coefficient (Wildman–Crippen LogP) is 2.76. The second-order valence-electron chi connectivity index (χ2n) is 4.34. The maximum atomic E-state index is 11.9. The van der Waals surface area contributed by atoms with Crippen LogP contribution in [0.25, 0.3) is 0 Å². The minimum atomic E-state index is -1.02. The van der Waals surface area contributed by atoms with E-state index in [1.54, 1.807) is 13.0 Å². The maximum Gasteiger partial charge on any atom is 0.261 e. The normalized spacial score (nSPS) is 14.2. The minimum Gasteiger partial charge on any atom is -0.383 e. The van der Waals surface area contributed by atoms with E-state index in [2.05, 4.69) is 5.32 Å². The Hall–Kier alpha value is -1.17. The summed E-state index contributed by atoms with van der Waals surface area (Å²) >= 11 is 2.94. The number of hydrogen-bond acceptors (Lipinski definition) is 4. The summed E-state index contributed by atoms with van der Waals surface area (Å²) in [5.74, 6) is -0.134. The second-order valence-corrected chi connectivity index (χ2v) is 6.58. The fraction of sp³-hybridized carbons (Fsp3) is 0.308. The Balaban J connectivity index is 1.98. The third-order valence-electron chi connectivity index (χ3n) is 2.61. The molecule has 2 rings (SSSR count). The van der Waals surface area contributed by atoms with Gasteiger partial charge < -0.3 is 10.4 Å². The molecule has 0 aliphatic rings. The number of amides is 1. The Morgan fingerprint density at radius 1 is 1.44 bits per heavy atom. The van der Waals surface area contributed by atoms with Crippen LogP contribution in [0.4, 0.5) is 0 Å². The fourth-order valence-electron chi connectivity index (χ4n) is 1.57. The largest absolute Gasteiger partial charge is 0.383 e. The van der Waals surface area contributed by atoms with E-state index in [9.17, 15) is 9.90 Å².